The van der Waals surface area contributed by atoms with Crippen molar-refractivity contribution in [2.75, 3.05) is 22.9 Å². The summed E-state index contributed by atoms with van der Waals surface area (Å²) in [7, 11) is -3.32. The summed E-state index contributed by atoms with van der Waals surface area (Å²) in [6, 6.07) is 11.5. The first kappa shape index (κ1) is 21.6. The van der Waals surface area contributed by atoms with Crippen LogP contribution in [-0.2, 0) is 16.4 Å². The van der Waals surface area contributed by atoms with E-state index in [1.54, 1.807) is 18.3 Å². The van der Waals surface area contributed by atoms with Crippen LogP contribution in [0.4, 0.5) is 5.69 Å². The minimum atomic E-state index is -3.32. The first-order valence-corrected chi connectivity index (χ1v) is 13.0. The maximum Gasteiger partial charge on any atom is 0.232 e. The Balaban J connectivity index is 1.52. The van der Waals surface area contributed by atoms with Crippen molar-refractivity contribution in [1.29, 1.82) is 0 Å². The van der Waals surface area contributed by atoms with Crippen LogP contribution in [0.15, 0.2) is 53.9 Å². The van der Waals surface area contributed by atoms with Gasteiger partial charge >= 0.3 is 0 Å². The van der Waals surface area contributed by atoms with Gasteiger partial charge in [-0.3, -0.25) is 13.7 Å². The van der Waals surface area contributed by atoms with Crippen molar-refractivity contribution in [1.82, 2.24) is 9.55 Å². The molecule has 0 saturated carbocycles. The van der Waals surface area contributed by atoms with Crippen molar-refractivity contribution in [2.45, 2.75) is 31.8 Å². The van der Waals surface area contributed by atoms with Crippen LogP contribution in [0, 0.1) is 13.8 Å². The minimum absolute atomic E-state index is 0.000191. The highest BCUT2D eigenvalue weighted by Gasteiger charge is 2.24. The third-order valence-electron chi connectivity index (χ3n) is 5.65. The number of carbonyl (C=O) groups excluding carboxylic acids is 1. The summed E-state index contributed by atoms with van der Waals surface area (Å²) in [6.45, 7) is 4.64. The molecule has 0 amide bonds. The van der Waals surface area contributed by atoms with Gasteiger partial charge in [-0.15, -0.1) is 0 Å². The van der Waals surface area contributed by atoms with Gasteiger partial charge in [0.1, 0.15) is 0 Å². The molecule has 0 bridgehead atoms. The van der Waals surface area contributed by atoms with Crippen molar-refractivity contribution in [3.8, 4) is 5.69 Å². The molecule has 0 saturated heterocycles. The Labute approximate surface area is 187 Å². The molecular formula is C23H25N3O3S2. The maximum absolute atomic E-state index is 12.9. The van der Waals surface area contributed by atoms with E-state index in [1.165, 1.54) is 33.4 Å². The second-order valence-corrected chi connectivity index (χ2v) is 10.6. The highest BCUT2D eigenvalue weighted by atomic mass is 32.2. The number of imidazole rings is 1. The molecule has 1 aromatic heterocycles. The monoisotopic (exact) mass is 455 g/mol. The number of rotatable bonds is 6. The number of aromatic nitrogens is 2. The number of aryl methyl sites for hydroxylation is 2. The number of sulfonamides is 1. The van der Waals surface area contributed by atoms with Crippen LogP contribution in [0.3, 0.4) is 0 Å². The van der Waals surface area contributed by atoms with E-state index in [0.29, 0.717) is 17.8 Å². The molecule has 162 valence electrons. The summed E-state index contributed by atoms with van der Waals surface area (Å²) in [4.78, 5) is 17.3. The molecule has 3 aromatic rings. The number of hydrogen-bond acceptors (Lipinski definition) is 5. The summed E-state index contributed by atoms with van der Waals surface area (Å²) >= 11 is 1.40. The van der Waals surface area contributed by atoms with Gasteiger partial charge < -0.3 is 0 Å². The lowest BCUT2D eigenvalue weighted by molar-refractivity contribution is 0.102. The predicted octanol–water partition coefficient (Wildman–Crippen LogP) is 4.18. The molecule has 4 rings (SSSR count). The smallest absolute Gasteiger partial charge is 0.232 e. The van der Waals surface area contributed by atoms with Crippen LogP contribution >= 0.6 is 11.8 Å². The molecule has 0 atom stereocenters. The van der Waals surface area contributed by atoms with Crippen LogP contribution in [0.1, 0.15) is 33.5 Å². The van der Waals surface area contributed by atoms with Crippen molar-refractivity contribution < 1.29 is 13.2 Å². The number of carbonyl (C=O) groups is 1. The fourth-order valence-corrected chi connectivity index (χ4v) is 5.73. The van der Waals surface area contributed by atoms with Crippen LogP contribution in [0.5, 0.6) is 0 Å². The number of benzene rings is 2. The normalized spacial score (nSPS) is 13.8. The second-order valence-electron chi connectivity index (χ2n) is 7.79. The van der Waals surface area contributed by atoms with Gasteiger partial charge in [-0.25, -0.2) is 13.4 Å². The Morgan fingerprint density at radius 3 is 2.74 bits per heavy atom. The van der Waals surface area contributed by atoms with Crippen molar-refractivity contribution in [2.24, 2.45) is 0 Å². The lowest BCUT2D eigenvalue weighted by Crippen LogP contribution is -2.34. The largest absolute Gasteiger partial charge is 0.295 e. The molecule has 2 heterocycles. The highest BCUT2D eigenvalue weighted by molar-refractivity contribution is 7.99. The number of hydrogen-bond donors (Lipinski definition) is 0. The van der Waals surface area contributed by atoms with Gasteiger partial charge in [-0.2, -0.15) is 0 Å². The molecule has 0 spiro atoms. The average molecular weight is 456 g/mol. The third-order valence-corrected chi connectivity index (χ3v) is 7.80. The summed E-state index contributed by atoms with van der Waals surface area (Å²) in [6.07, 6.45) is 6.39. The molecule has 0 N–H and O–H groups in total. The van der Waals surface area contributed by atoms with Crippen LogP contribution in [0.2, 0.25) is 0 Å². The Hall–Kier alpha value is -2.58. The second kappa shape index (κ2) is 8.51. The van der Waals surface area contributed by atoms with Crippen molar-refractivity contribution >= 4 is 33.3 Å². The molecule has 31 heavy (non-hydrogen) atoms. The van der Waals surface area contributed by atoms with Crippen LogP contribution < -0.4 is 4.31 Å². The first-order valence-electron chi connectivity index (χ1n) is 10.1. The zero-order valence-corrected chi connectivity index (χ0v) is 19.5. The van der Waals surface area contributed by atoms with E-state index in [-0.39, 0.29) is 11.5 Å². The van der Waals surface area contributed by atoms with Crippen LogP contribution in [0.25, 0.3) is 5.69 Å². The molecule has 1 aliphatic rings. The number of fused-ring (bicyclic) bond motifs is 1. The molecule has 6 nitrogen and oxygen atoms in total. The zero-order chi connectivity index (χ0) is 22.2. The van der Waals surface area contributed by atoms with E-state index in [2.05, 4.69) is 24.9 Å². The quantitative estimate of drug-likeness (QED) is 0.412. The third kappa shape index (κ3) is 4.41. The lowest BCUT2D eigenvalue weighted by Gasteiger charge is -2.29. The van der Waals surface area contributed by atoms with Gasteiger partial charge in [0.25, 0.3) is 0 Å². The molecule has 2 aromatic carbocycles. The highest BCUT2D eigenvalue weighted by Crippen LogP contribution is 2.31. The summed E-state index contributed by atoms with van der Waals surface area (Å²) in [5, 5.41) is 0.767. The van der Waals surface area contributed by atoms with Gasteiger partial charge in [-0.1, -0.05) is 23.9 Å². The Morgan fingerprint density at radius 2 is 1.97 bits per heavy atom. The van der Waals surface area contributed by atoms with Crippen molar-refractivity contribution in [3.63, 3.8) is 0 Å². The Morgan fingerprint density at radius 1 is 1.16 bits per heavy atom. The molecule has 1 aliphatic heterocycles. The zero-order valence-electron chi connectivity index (χ0n) is 17.8. The molecule has 0 unspecified atom stereocenters. The number of nitrogens with zero attached hydrogens (tertiary/aromatic N) is 3. The van der Waals surface area contributed by atoms with E-state index in [9.17, 15) is 13.2 Å². The molecule has 8 heteroatoms. The standard InChI is InChI=1S/C23H25N3O3S2/c1-16-6-4-8-20(17(16)2)25-13-11-24-23(25)30-15-22(27)19-9-10-21-18(14-19)7-5-12-26(21)31(3,28)29/h4,6,8-11,13-14H,5,7,12,15H2,1-3H3. The Bertz CT molecular complexity index is 1250. The summed E-state index contributed by atoms with van der Waals surface area (Å²) in [5.74, 6) is 0.260. The van der Waals surface area contributed by atoms with Gasteiger partial charge in [0.2, 0.25) is 10.0 Å². The number of thioether (sulfide) groups is 1. The lowest BCUT2D eigenvalue weighted by atomic mass is 9.99. The predicted molar refractivity (Wildman–Crippen MR) is 125 cm³/mol. The summed E-state index contributed by atoms with van der Waals surface area (Å²) in [5.41, 5.74) is 5.63. The topological polar surface area (TPSA) is 72.3 Å². The molecule has 0 fully saturated rings. The van der Waals surface area contributed by atoms with E-state index in [1.807, 2.05) is 29.0 Å². The fraction of sp³-hybridized carbons (Fsp3) is 0.304. The molecule has 0 radical (unpaired) electrons. The van der Waals surface area contributed by atoms with Gasteiger partial charge in [0, 0.05) is 24.5 Å². The van der Waals surface area contributed by atoms with Crippen molar-refractivity contribution in [3.05, 3.63) is 71.0 Å². The number of ketones is 1. The van der Waals surface area contributed by atoms with E-state index in [4.69, 9.17) is 0 Å². The molecule has 0 aliphatic carbocycles. The SMILES string of the molecule is Cc1cccc(-n2ccnc2SCC(=O)c2ccc3c(c2)CCCN3S(C)(=O)=O)c1C. The van der Waals surface area contributed by atoms with Crippen LogP contribution in [-0.4, -0.2) is 42.3 Å². The van der Waals surface area contributed by atoms with Gasteiger partial charge in [-0.05, 0) is 67.6 Å². The van der Waals surface area contributed by atoms with Gasteiger partial charge in [0.05, 0.1) is 23.4 Å². The van der Waals surface area contributed by atoms with E-state index < -0.39 is 10.0 Å². The summed E-state index contributed by atoms with van der Waals surface area (Å²) < 4.78 is 27.5. The molecular weight excluding hydrogens is 430 g/mol. The fourth-order valence-electron chi connectivity index (χ4n) is 3.87. The number of anilines is 1. The average Bonchev–Trinajstić information content (AvgIpc) is 3.20. The first-order chi connectivity index (χ1) is 14.8. The Kier molecular flexibility index (Phi) is 5.94. The minimum Gasteiger partial charge on any atom is -0.295 e. The van der Waals surface area contributed by atoms with E-state index in [0.717, 1.165) is 29.2 Å². The number of Topliss-reactive ketones (excluding diaryl/α,β-unsaturated/α-hetero) is 1. The van der Waals surface area contributed by atoms with Gasteiger partial charge in [0.15, 0.2) is 10.9 Å². The maximum atomic E-state index is 12.9. The van der Waals surface area contributed by atoms with E-state index >= 15 is 0 Å².